The van der Waals surface area contributed by atoms with Crippen LogP contribution in [0, 0.1) is 0 Å². The first-order valence-electron chi connectivity index (χ1n) is 34.2. The minimum atomic E-state index is -4.44. The Kier molecular flexibility index (Phi) is 57.5. The van der Waals surface area contributed by atoms with Gasteiger partial charge in [0.1, 0.15) is 19.3 Å². The van der Waals surface area contributed by atoms with Crippen molar-refractivity contribution in [3.63, 3.8) is 0 Å². The minimum absolute atomic E-state index is 0.0447. The lowest BCUT2D eigenvalue weighted by atomic mass is 10.0. The van der Waals surface area contributed by atoms with E-state index in [1.54, 1.807) is 0 Å². The first-order chi connectivity index (χ1) is 37.9. The molecule has 0 aromatic carbocycles. The zero-order chi connectivity index (χ0) is 57.2. The van der Waals surface area contributed by atoms with Crippen molar-refractivity contribution < 1.29 is 37.3 Å². The molecule has 0 bridgehead atoms. The normalized spacial score (nSPS) is 13.7. The number of ether oxygens (including phenoxy) is 1. The molecule has 10 heteroatoms. The molecule has 0 aliphatic rings. The number of likely N-dealkylation sites (N-methyl/N-ethyl adjacent to an activating group) is 1. The predicted molar refractivity (Wildman–Crippen MR) is 337 cm³/mol. The molecule has 3 unspecified atom stereocenters. The lowest BCUT2D eigenvalue weighted by Gasteiger charge is -2.27. The number of esters is 1. The first kappa shape index (κ1) is 76.5. The average Bonchev–Trinajstić information content (AvgIpc) is 3.40. The number of nitrogens with zero attached hydrogens (tertiary/aromatic N) is 1. The fourth-order valence-electron chi connectivity index (χ4n) is 10.4. The molecule has 0 heterocycles. The van der Waals surface area contributed by atoms with Gasteiger partial charge in [-0.25, -0.2) is 4.57 Å². The van der Waals surface area contributed by atoms with Gasteiger partial charge >= 0.3 is 13.8 Å². The van der Waals surface area contributed by atoms with Gasteiger partial charge in [-0.2, -0.15) is 0 Å². The van der Waals surface area contributed by atoms with Crippen molar-refractivity contribution >= 4 is 19.7 Å². The standard InChI is InChI=1S/C68H133N2O7P/c1-7-10-13-16-19-22-25-28-29-30-31-32-33-34-35-36-37-38-39-40-41-43-46-49-52-55-58-61-68(72)77-66(59-56-53-50-47-44-27-24-21-18-15-12-9-3)65(64-76-78(73,74)75-63-62-70(4,5)6)69-67(71)60-57-54-51-48-45-42-26-23-20-17-14-11-8-2/h28-29,56,59,65-66H,7-27,30-55,57-58,60-64H2,1-6H3,(H-,69,71,73,74)/p+1/b29-28+,59-56-. The van der Waals surface area contributed by atoms with Crippen LogP contribution in [0.15, 0.2) is 24.3 Å². The van der Waals surface area contributed by atoms with Crippen molar-refractivity contribution in [1.82, 2.24) is 5.32 Å². The number of rotatable bonds is 63. The maximum Gasteiger partial charge on any atom is 0.472 e. The summed E-state index contributed by atoms with van der Waals surface area (Å²) in [7, 11) is 1.52. The van der Waals surface area contributed by atoms with Crippen LogP contribution in [0.1, 0.15) is 348 Å². The number of hydrogen-bond donors (Lipinski definition) is 2. The second-order valence-corrected chi connectivity index (χ2v) is 26.2. The SMILES string of the molecule is CCCCCCCC/C=C/CCCCCCCCCCCCCCCCCCCC(=O)OC(/C=C\CCCCCCCCCCCC)C(COP(=O)(O)OCC[N+](C)(C)C)NC(=O)CCCCCCCCCCCCCCC. The van der Waals surface area contributed by atoms with Crippen LogP contribution in [0.5, 0.6) is 0 Å². The van der Waals surface area contributed by atoms with E-state index in [4.69, 9.17) is 13.8 Å². The molecule has 0 aliphatic carbocycles. The van der Waals surface area contributed by atoms with Gasteiger partial charge in [-0.3, -0.25) is 18.6 Å². The van der Waals surface area contributed by atoms with Gasteiger partial charge < -0.3 is 19.4 Å². The molecule has 1 amide bonds. The molecule has 0 aromatic heterocycles. The second kappa shape index (κ2) is 58.7. The van der Waals surface area contributed by atoms with Crippen molar-refractivity contribution in [2.75, 3.05) is 40.9 Å². The molecule has 2 N–H and O–H groups in total. The van der Waals surface area contributed by atoms with Crippen molar-refractivity contribution in [1.29, 1.82) is 0 Å². The summed E-state index contributed by atoms with van der Waals surface area (Å²) in [6.07, 6.45) is 70.5. The fraction of sp³-hybridized carbons (Fsp3) is 0.912. The number of quaternary nitrogens is 1. The zero-order valence-electron chi connectivity index (χ0n) is 52.9. The molecule has 0 aromatic rings. The van der Waals surface area contributed by atoms with Gasteiger partial charge in [0.25, 0.3) is 0 Å². The molecule has 0 saturated carbocycles. The summed E-state index contributed by atoms with van der Waals surface area (Å²) in [4.78, 5) is 37.7. The highest BCUT2D eigenvalue weighted by atomic mass is 31.2. The number of nitrogens with one attached hydrogen (secondary N) is 1. The molecule has 0 spiro atoms. The fourth-order valence-corrected chi connectivity index (χ4v) is 11.1. The number of phosphoric acid groups is 1. The summed E-state index contributed by atoms with van der Waals surface area (Å²) in [6.45, 7) is 7.06. The Morgan fingerprint density at radius 2 is 0.744 bits per heavy atom. The summed E-state index contributed by atoms with van der Waals surface area (Å²) in [5.74, 6) is -0.485. The average molecular weight is 1120 g/mol. The van der Waals surface area contributed by atoms with Crippen LogP contribution in [0.25, 0.3) is 0 Å². The van der Waals surface area contributed by atoms with E-state index in [9.17, 15) is 19.0 Å². The third-order valence-electron chi connectivity index (χ3n) is 15.6. The Bertz CT molecular complexity index is 1380. The number of unbranched alkanes of at least 4 members (excludes halogenated alkanes) is 45. The van der Waals surface area contributed by atoms with Gasteiger partial charge in [0.2, 0.25) is 5.91 Å². The van der Waals surface area contributed by atoms with E-state index in [2.05, 4.69) is 38.2 Å². The number of carbonyl (C=O) groups excluding carboxylic acids is 2. The summed E-state index contributed by atoms with van der Waals surface area (Å²) in [5, 5.41) is 3.07. The number of phosphoric ester groups is 1. The molecule has 0 rings (SSSR count). The smallest absolute Gasteiger partial charge is 0.456 e. The molecule has 78 heavy (non-hydrogen) atoms. The van der Waals surface area contributed by atoms with Gasteiger partial charge in [-0.15, -0.1) is 0 Å². The van der Waals surface area contributed by atoms with Crippen LogP contribution < -0.4 is 5.32 Å². The van der Waals surface area contributed by atoms with E-state index in [1.165, 1.54) is 257 Å². The van der Waals surface area contributed by atoms with Crippen molar-refractivity contribution in [2.24, 2.45) is 0 Å². The summed E-state index contributed by atoms with van der Waals surface area (Å²) in [5.41, 5.74) is 0. The lowest BCUT2D eigenvalue weighted by Crippen LogP contribution is -2.47. The molecular weight excluding hydrogens is 988 g/mol. The predicted octanol–water partition coefficient (Wildman–Crippen LogP) is 21.3. The van der Waals surface area contributed by atoms with Crippen molar-refractivity contribution in [2.45, 2.75) is 360 Å². The van der Waals surface area contributed by atoms with E-state index < -0.39 is 20.0 Å². The maximum absolute atomic E-state index is 13.5. The van der Waals surface area contributed by atoms with Gasteiger partial charge in [0.05, 0.1) is 33.8 Å². The number of hydrogen-bond acceptors (Lipinski definition) is 6. The van der Waals surface area contributed by atoms with Crippen molar-refractivity contribution in [3.8, 4) is 0 Å². The number of allylic oxidation sites excluding steroid dienone is 3. The Morgan fingerprint density at radius 3 is 1.09 bits per heavy atom. The second-order valence-electron chi connectivity index (χ2n) is 24.7. The molecule has 9 nitrogen and oxygen atoms in total. The van der Waals surface area contributed by atoms with E-state index >= 15 is 0 Å². The van der Waals surface area contributed by atoms with Crippen LogP contribution in [-0.4, -0.2) is 74.3 Å². The van der Waals surface area contributed by atoms with Crippen LogP contribution in [0.2, 0.25) is 0 Å². The van der Waals surface area contributed by atoms with Crippen LogP contribution in [0.3, 0.4) is 0 Å². The molecule has 0 fully saturated rings. The molecular formula is C68H134N2O7P+. The first-order valence-corrected chi connectivity index (χ1v) is 35.7. The lowest BCUT2D eigenvalue weighted by molar-refractivity contribution is -0.870. The van der Waals surface area contributed by atoms with Crippen LogP contribution >= 0.6 is 7.82 Å². The Morgan fingerprint density at radius 1 is 0.436 bits per heavy atom. The zero-order valence-corrected chi connectivity index (χ0v) is 53.8. The third kappa shape index (κ3) is 59.1. The summed E-state index contributed by atoms with van der Waals surface area (Å²) in [6, 6.07) is -0.841. The largest absolute Gasteiger partial charge is 0.472 e. The van der Waals surface area contributed by atoms with Gasteiger partial charge in [0, 0.05) is 12.8 Å². The van der Waals surface area contributed by atoms with Crippen molar-refractivity contribution in [3.05, 3.63) is 24.3 Å². The topological polar surface area (TPSA) is 111 Å². The molecule has 0 saturated heterocycles. The minimum Gasteiger partial charge on any atom is -0.456 e. The Hall–Kier alpha value is -1.51. The molecule has 0 aliphatic heterocycles. The molecule has 462 valence electrons. The molecule has 3 atom stereocenters. The van der Waals surface area contributed by atoms with Gasteiger partial charge in [-0.1, -0.05) is 302 Å². The Labute approximate surface area is 485 Å². The number of amides is 1. The van der Waals surface area contributed by atoms with Gasteiger partial charge in [-0.05, 0) is 57.4 Å². The summed E-state index contributed by atoms with van der Waals surface area (Å²) < 4.78 is 30.7. The summed E-state index contributed by atoms with van der Waals surface area (Å²) >= 11 is 0. The van der Waals surface area contributed by atoms with Crippen LogP contribution in [-0.2, 0) is 27.9 Å². The highest BCUT2D eigenvalue weighted by Gasteiger charge is 2.30. The van der Waals surface area contributed by atoms with E-state index in [0.717, 1.165) is 57.8 Å². The Balaban J connectivity index is 4.95. The molecule has 0 radical (unpaired) electrons. The monoisotopic (exact) mass is 1120 g/mol. The maximum atomic E-state index is 13.5. The quantitative estimate of drug-likeness (QED) is 0.0205. The third-order valence-corrected chi connectivity index (χ3v) is 16.6. The van der Waals surface area contributed by atoms with Gasteiger partial charge in [0.15, 0.2) is 0 Å². The van der Waals surface area contributed by atoms with E-state index in [0.29, 0.717) is 23.9 Å². The highest BCUT2D eigenvalue weighted by molar-refractivity contribution is 7.47. The van der Waals surface area contributed by atoms with E-state index in [-0.39, 0.29) is 25.1 Å². The highest BCUT2D eigenvalue weighted by Crippen LogP contribution is 2.43. The number of carbonyl (C=O) groups is 2. The van der Waals surface area contributed by atoms with E-state index in [1.807, 2.05) is 33.3 Å². The van der Waals surface area contributed by atoms with Crippen LogP contribution in [0.4, 0.5) is 0 Å².